The first kappa shape index (κ1) is 12.8. The van der Waals surface area contributed by atoms with E-state index in [1.165, 1.54) is 0 Å². The Labute approximate surface area is 105 Å². The molecule has 0 amide bonds. The molecule has 0 aromatic heterocycles. The van der Waals surface area contributed by atoms with Gasteiger partial charge in [0.1, 0.15) is 0 Å². The molecule has 2 rings (SSSR count). The van der Waals surface area contributed by atoms with Crippen LogP contribution < -0.4 is 0 Å². The van der Waals surface area contributed by atoms with Crippen molar-refractivity contribution in [3.05, 3.63) is 12.2 Å². The van der Waals surface area contributed by atoms with Gasteiger partial charge in [0.2, 0.25) is 0 Å². The lowest BCUT2D eigenvalue weighted by Crippen LogP contribution is -2.55. The summed E-state index contributed by atoms with van der Waals surface area (Å²) < 4.78 is 0. The van der Waals surface area contributed by atoms with Crippen LogP contribution in [-0.4, -0.2) is 28.3 Å². The average Bonchev–Trinajstić information content (AvgIpc) is 2.71. The lowest BCUT2D eigenvalue weighted by atomic mass is 9.81. The third-order valence-corrected chi connectivity index (χ3v) is 3.94. The van der Waals surface area contributed by atoms with Gasteiger partial charge in [-0.3, -0.25) is 9.69 Å². The van der Waals surface area contributed by atoms with Crippen LogP contribution in [0.1, 0.15) is 48.0 Å². The van der Waals surface area contributed by atoms with E-state index in [-0.39, 0.29) is 17.0 Å². The Bertz CT molecular complexity index is 356. The van der Waals surface area contributed by atoms with Gasteiger partial charge in [0, 0.05) is 22.9 Å². The number of nitrogens with zero attached hydrogens (tertiary/aromatic N) is 1. The van der Waals surface area contributed by atoms with Crippen molar-refractivity contribution in [2.24, 2.45) is 11.3 Å². The molecule has 1 heterocycles. The summed E-state index contributed by atoms with van der Waals surface area (Å²) in [5, 5.41) is 0. The second-order valence-corrected chi connectivity index (χ2v) is 7.49. The number of likely N-dealkylation sites (tertiary alicyclic amines) is 1. The smallest absolute Gasteiger partial charge is 0.155 e. The number of fused-ring (bicyclic) bond motifs is 2. The molecule has 17 heavy (non-hydrogen) atoms. The van der Waals surface area contributed by atoms with E-state index < -0.39 is 0 Å². The molecule has 2 aliphatic rings. The van der Waals surface area contributed by atoms with E-state index in [2.05, 4.69) is 37.8 Å². The highest BCUT2D eigenvalue weighted by atomic mass is 16.1. The fourth-order valence-electron chi connectivity index (χ4n) is 3.24. The lowest BCUT2D eigenvalue weighted by molar-refractivity contribution is -0.134. The van der Waals surface area contributed by atoms with Crippen LogP contribution in [-0.2, 0) is 4.79 Å². The second kappa shape index (κ2) is 3.68. The van der Waals surface area contributed by atoms with E-state index in [0.29, 0.717) is 17.7 Å². The molecule has 0 N–H and O–H groups in total. The molecule has 96 valence electrons. The minimum atomic E-state index is -0.244. The van der Waals surface area contributed by atoms with Gasteiger partial charge in [-0.25, -0.2) is 0 Å². The zero-order valence-electron chi connectivity index (χ0n) is 11.9. The second-order valence-electron chi connectivity index (χ2n) is 7.49. The molecule has 3 unspecified atom stereocenters. The summed E-state index contributed by atoms with van der Waals surface area (Å²) in [6.07, 6.45) is 5.66. The monoisotopic (exact) mass is 235 g/mol. The Hall–Kier alpha value is -0.630. The van der Waals surface area contributed by atoms with Crippen molar-refractivity contribution in [2.75, 3.05) is 0 Å². The summed E-state index contributed by atoms with van der Waals surface area (Å²) in [5.74, 6) is 0.829. The average molecular weight is 235 g/mol. The maximum absolute atomic E-state index is 12.6. The molecule has 0 aromatic carbocycles. The summed E-state index contributed by atoms with van der Waals surface area (Å²) >= 11 is 0. The maximum Gasteiger partial charge on any atom is 0.155 e. The van der Waals surface area contributed by atoms with E-state index in [0.717, 1.165) is 6.42 Å². The van der Waals surface area contributed by atoms with Gasteiger partial charge in [-0.2, -0.15) is 0 Å². The van der Waals surface area contributed by atoms with E-state index >= 15 is 0 Å². The van der Waals surface area contributed by atoms with E-state index in [1.54, 1.807) is 0 Å². The first-order valence-electron chi connectivity index (χ1n) is 6.63. The van der Waals surface area contributed by atoms with Gasteiger partial charge in [-0.05, 0) is 27.2 Å². The van der Waals surface area contributed by atoms with Crippen LogP contribution in [0, 0.1) is 11.3 Å². The van der Waals surface area contributed by atoms with Crippen molar-refractivity contribution in [3.8, 4) is 0 Å². The summed E-state index contributed by atoms with van der Waals surface area (Å²) in [6, 6.07) is 0.557. The van der Waals surface area contributed by atoms with Crippen molar-refractivity contribution in [1.82, 2.24) is 4.90 Å². The van der Waals surface area contributed by atoms with E-state index in [4.69, 9.17) is 0 Å². The van der Waals surface area contributed by atoms with E-state index in [9.17, 15) is 4.79 Å². The Kier molecular flexibility index (Phi) is 2.77. The van der Waals surface area contributed by atoms with Crippen LogP contribution >= 0.6 is 0 Å². The SMILES string of the molecule is CC(C)(C)C(=O)C1C2C=CC(C2)N1C(C)(C)C. The quantitative estimate of drug-likeness (QED) is 0.651. The Morgan fingerprint density at radius 1 is 1.12 bits per heavy atom. The fraction of sp³-hybridized carbons (Fsp3) is 0.800. The molecule has 0 aromatic rings. The molecule has 2 nitrogen and oxygen atoms in total. The van der Waals surface area contributed by atoms with Crippen LogP contribution in [0.4, 0.5) is 0 Å². The maximum atomic E-state index is 12.6. The molecule has 2 bridgehead atoms. The normalized spacial score (nSPS) is 33.4. The van der Waals surface area contributed by atoms with E-state index in [1.807, 2.05) is 20.8 Å². The highest BCUT2D eigenvalue weighted by molar-refractivity contribution is 5.90. The number of hydrogen-bond acceptors (Lipinski definition) is 2. The lowest BCUT2D eigenvalue weighted by Gasteiger charge is -2.43. The number of hydrogen-bond donors (Lipinski definition) is 0. The first-order valence-corrected chi connectivity index (χ1v) is 6.63. The number of ketones is 1. The van der Waals surface area contributed by atoms with Gasteiger partial charge in [0.25, 0.3) is 0 Å². The van der Waals surface area contributed by atoms with Crippen molar-refractivity contribution in [3.63, 3.8) is 0 Å². The largest absolute Gasteiger partial charge is 0.297 e. The Morgan fingerprint density at radius 3 is 2.18 bits per heavy atom. The molecule has 0 saturated carbocycles. The van der Waals surface area contributed by atoms with Crippen molar-refractivity contribution in [2.45, 2.75) is 65.6 Å². The van der Waals surface area contributed by atoms with Gasteiger partial charge in [0.15, 0.2) is 5.78 Å². The van der Waals surface area contributed by atoms with Crippen molar-refractivity contribution < 1.29 is 4.79 Å². The van der Waals surface area contributed by atoms with Crippen LogP contribution in [0.3, 0.4) is 0 Å². The number of carbonyl (C=O) groups excluding carboxylic acids is 1. The molecule has 1 aliphatic heterocycles. The Balaban J connectivity index is 2.33. The predicted molar refractivity (Wildman–Crippen MR) is 70.9 cm³/mol. The molecule has 1 aliphatic carbocycles. The molecule has 1 fully saturated rings. The molecule has 1 saturated heterocycles. The first-order chi connectivity index (χ1) is 7.62. The van der Waals surface area contributed by atoms with Crippen molar-refractivity contribution >= 4 is 5.78 Å². The molecule has 2 heteroatoms. The third-order valence-electron chi connectivity index (χ3n) is 3.94. The highest BCUT2D eigenvalue weighted by Gasteiger charge is 2.51. The standard InChI is InChI=1S/C15H25NO/c1-14(2,3)13(17)12-10-7-8-11(9-10)16(12)15(4,5)6/h7-8,10-12H,9H2,1-6H3. The summed E-state index contributed by atoms with van der Waals surface area (Å²) in [4.78, 5) is 15.1. The third kappa shape index (κ3) is 2.08. The molecular weight excluding hydrogens is 210 g/mol. The van der Waals surface area contributed by atoms with Crippen LogP contribution in [0.25, 0.3) is 0 Å². The van der Waals surface area contributed by atoms with Gasteiger partial charge in [-0.1, -0.05) is 32.9 Å². The fourth-order valence-corrected chi connectivity index (χ4v) is 3.24. The topological polar surface area (TPSA) is 20.3 Å². The van der Waals surface area contributed by atoms with Gasteiger partial charge >= 0.3 is 0 Å². The molecule has 0 spiro atoms. The van der Waals surface area contributed by atoms with Crippen LogP contribution in [0.2, 0.25) is 0 Å². The van der Waals surface area contributed by atoms with Gasteiger partial charge in [-0.15, -0.1) is 0 Å². The molecule has 3 atom stereocenters. The minimum Gasteiger partial charge on any atom is -0.297 e. The van der Waals surface area contributed by atoms with Crippen LogP contribution in [0.5, 0.6) is 0 Å². The zero-order valence-corrected chi connectivity index (χ0v) is 11.9. The number of Topliss-reactive ketones (excluding diaryl/α,β-unsaturated/α-hetero) is 1. The van der Waals surface area contributed by atoms with Gasteiger partial charge in [0.05, 0.1) is 6.04 Å². The molecular formula is C15H25NO. The van der Waals surface area contributed by atoms with Crippen LogP contribution in [0.15, 0.2) is 12.2 Å². The van der Waals surface area contributed by atoms with Gasteiger partial charge < -0.3 is 0 Å². The van der Waals surface area contributed by atoms with Crippen molar-refractivity contribution in [1.29, 1.82) is 0 Å². The summed E-state index contributed by atoms with van der Waals surface area (Å²) in [5.41, 5.74) is -0.178. The molecule has 0 radical (unpaired) electrons. The summed E-state index contributed by atoms with van der Waals surface area (Å²) in [7, 11) is 0. The predicted octanol–water partition coefficient (Wildman–Crippen LogP) is 3.03. The summed E-state index contributed by atoms with van der Waals surface area (Å²) in [6.45, 7) is 12.7. The number of carbonyl (C=O) groups is 1. The Morgan fingerprint density at radius 2 is 1.71 bits per heavy atom. The number of rotatable bonds is 1. The minimum absolute atomic E-state index is 0.0652. The highest BCUT2D eigenvalue weighted by Crippen LogP contribution is 2.43. The zero-order chi connectivity index (χ0) is 13.0.